The van der Waals surface area contributed by atoms with Gasteiger partial charge in [-0.05, 0) is 75.0 Å². The van der Waals surface area contributed by atoms with Gasteiger partial charge in [0.25, 0.3) is 5.91 Å². The third-order valence-corrected chi connectivity index (χ3v) is 10.6. The van der Waals surface area contributed by atoms with Crippen molar-refractivity contribution in [2.45, 2.75) is 92.5 Å². The summed E-state index contributed by atoms with van der Waals surface area (Å²) in [6.07, 6.45) is 5.43. The molecule has 0 aromatic heterocycles. The second-order valence-corrected chi connectivity index (χ2v) is 17.4. The molecule has 0 bridgehead atoms. The Morgan fingerprint density at radius 2 is 1.88 bits per heavy atom. The summed E-state index contributed by atoms with van der Waals surface area (Å²) < 4.78 is 47.2. The first-order valence-corrected chi connectivity index (χ1v) is 18.2. The third-order valence-electron chi connectivity index (χ3n) is 7.57. The van der Waals surface area contributed by atoms with Crippen LogP contribution in [0, 0.1) is 11.3 Å². The number of sulfone groups is 1. The number of unbranched alkanes of at least 4 members (excludes halogenated alkanes) is 2. The number of hydrogen-bond acceptors (Lipinski definition) is 7. The lowest BCUT2D eigenvalue weighted by molar-refractivity contribution is -0.130. The number of amides is 1. The maximum atomic E-state index is 14.2. The number of anilines is 1. The summed E-state index contributed by atoms with van der Waals surface area (Å²) in [5.74, 6) is 0.0573. The van der Waals surface area contributed by atoms with Crippen LogP contribution in [0.25, 0.3) is 0 Å². The first-order valence-electron chi connectivity index (χ1n) is 14.6. The Bertz CT molecular complexity index is 1360. The van der Waals surface area contributed by atoms with Crippen LogP contribution in [0.1, 0.15) is 86.1 Å². The summed E-state index contributed by atoms with van der Waals surface area (Å²) in [5, 5.41) is 15.2. The van der Waals surface area contributed by atoms with E-state index < -0.39 is 22.9 Å². The molecule has 2 aliphatic heterocycles. The number of benzene rings is 1. The summed E-state index contributed by atoms with van der Waals surface area (Å²) in [6, 6.07) is 5.55. The second-order valence-electron chi connectivity index (χ2n) is 13.2. The molecule has 0 spiro atoms. The van der Waals surface area contributed by atoms with Gasteiger partial charge in [0.15, 0.2) is 5.84 Å². The van der Waals surface area contributed by atoms with Crippen LogP contribution in [0.2, 0.25) is 0 Å². The summed E-state index contributed by atoms with van der Waals surface area (Å²) in [5.41, 5.74) is 0.599. The fraction of sp³-hybridized carbons (Fsp3) is 0.667. The van der Waals surface area contributed by atoms with Crippen LogP contribution in [-0.4, -0.2) is 60.9 Å². The van der Waals surface area contributed by atoms with E-state index in [0.29, 0.717) is 36.8 Å². The van der Waals surface area contributed by atoms with E-state index >= 15 is 0 Å². The van der Waals surface area contributed by atoms with Crippen molar-refractivity contribution >= 4 is 40.1 Å². The molecule has 0 aliphatic carbocycles. The highest BCUT2D eigenvalue weighted by atomic mass is 32.2. The van der Waals surface area contributed by atoms with E-state index in [4.69, 9.17) is 4.52 Å². The molecule has 2 unspecified atom stereocenters. The zero-order valence-corrected chi connectivity index (χ0v) is 27.6. The Labute approximate surface area is 246 Å². The van der Waals surface area contributed by atoms with Crippen molar-refractivity contribution in [2.75, 3.05) is 30.5 Å². The molecule has 2 heterocycles. The average Bonchev–Trinajstić information content (AvgIpc) is 3.00. The SMILES string of the molecule is CCOP1(=O)N=C(C2=C(O)C(C)(CC(C)C)N(CCC(C)(C)C)C2=O)Nc2ccc(CCCCCS(C)(=O)=O)cc21. The van der Waals surface area contributed by atoms with Crippen molar-refractivity contribution in [3.8, 4) is 0 Å². The number of carbonyl (C=O) groups is 1. The van der Waals surface area contributed by atoms with Gasteiger partial charge in [-0.25, -0.2) is 8.42 Å². The standard InChI is InChI=1S/C30H48N3O6PS/c1-9-39-40(36)24-19-22(13-11-10-12-18-41(8,37)38)14-15-23(24)31-27(32-40)25-26(34)30(7,20-21(2)3)33(28(25)35)17-16-29(4,5)6/h14-15,19,21,34H,9-13,16-18,20H2,1-8H3,(H,31,32,36). The topological polar surface area (TPSA) is 125 Å². The molecule has 3 rings (SSSR count). The van der Waals surface area contributed by atoms with Crippen molar-refractivity contribution < 1.29 is 27.4 Å². The largest absolute Gasteiger partial charge is 0.509 e. The summed E-state index contributed by atoms with van der Waals surface area (Å²) in [7, 11) is -6.74. The van der Waals surface area contributed by atoms with E-state index in [1.54, 1.807) is 11.8 Å². The van der Waals surface area contributed by atoms with Gasteiger partial charge in [-0.15, -0.1) is 0 Å². The monoisotopic (exact) mass is 609 g/mol. The molecule has 0 saturated carbocycles. The predicted octanol–water partition coefficient (Wildman–Crippen LogP) is 6.02. The normalized spacial score (nSPS) is 23.2. The molecule has 2 aliphatic rings. The van der Waals surface area contributed by atoms with Crippen molar-refractivity contribution in [3.63, 3.8) is 0 Å². The van der Waals surface area contributed by atoms with E-state index in [0.717, 1.165) is 24.8 Å². The molecular weight excluding hydrogens is 561 g/mol. The van der Waals surface area contributed by atoms with Gasteiger partial charge in [-0.3, -0.25) is 9.36 Å². The molecular formula is C30H48N3O6PS. The molecule has 9 nitrogen and oxygen atoms in total. The summed E-state index contributed by atoms with van der Waals surface area (Å²) >= 11 is 0. The van der Waals surface area contributed by atoms with Crippen molar-refractivity contribution in [3.05, 3.63) is 35.1 Å². The van der Waals surface area contributed by atoms with E-state index in [-0.39, 0.29) is 46.8 Å². The molecule has 0 saturated heterocycles. The smallest absolute Gasteiger partial charge is 0.348 e. The van der Waals surface area contributed by atoms with E-state index in [9.17, 15) is 22.9 Å². The number of rotatable bonds is 13. The van der Waals surface area contributed by atoms with Gasteiger partial charge in [0, 0.05) is 18.6 Å². The fourth-order valence-electron chi connectivity index (χ4n) is 5.53. The molecule has 1 aromatic rings. The fourth-order valence-corrected chi connectivity index (χ4v) is 8.09. The minimum atomic E-state index is -3.76. The highest BCUT2D eigenvalue weighted by Crippen LogP contribution is 2.53. The number of nitrogens with one attached hydrogen (secondary N) is 1. The van der Waals surface area contributed by atoms with Crippen LogP contribution in [0.15, 0.2) is 34.3 Å². The minimum Gasteiger partial charge on any atom is -0.509 e. The Balaban J connectivity index is 1.95. The van der Waals surface area contributed by atoms with Crippen LogP contribution in [-0.2, 0) is 30.1 Å². The molecule has 1 amide bonds. The highest BCUT2D eigenvalue weighted by Gasteiger charge is 2.51. The van der Waals surface area contributed by atoms with Gasteiger partial charge < -0.3 is 19.8 Å². The van der Waals surface area contributed by atoms with E-state index in [1.807, 2.05) is 25.1 Å². The highest BCUT2D eigenvalue weighted by molar-refractivity contribution is 7.90. The van der Waals surface area contributed by atoms with Crippen LogP contribution in [0.3, 0.4) is 0 Å². The van der Waals surface area contributed by atoms with Crippen molar-refractivity contribution in [2.24, 2.45) is 16.1 Å². The van der Waals surface area contributed by atoms with Crippen LogP contribution < -0.4 is 10.6 Å². The van der Waals surface area contributed by atoms with Gasteiger partial charge in [0.2, 0.25) is 0 Å². The lowest BCUT2D eigenvalue weighted by atomic mass is 9.86. The van der Waals surface area contributed by atoms with Crippen molar-refractivity contribution in [1.82, 2.24) is 4.90 Å². The van der Waals surface area contributed by atoms with Gasteiger partial charge in [-0.1, -0.05) is 47.1 Å². The third kappa shape index (κ3) is 8.02. The van der Waals surface area contributed by atoms with E-state index in [2.05, 4.69) is 44.7 Å². The quantitative estimate of drug-likeness (QED) is 0.207. The van der Waals surface area contributed by atoms with Gasteiger partial charge in [-0.2, -0.15) is 4.76 Å². The number of nitrogens with zero attached hydrogens (tertiary/aromatic N) is 2. The number of aliphatic hydroxyl groups excluding tert-OH is 1. The Hall–Kier alpha value is -2.16. The predicted molar refractivity (Wildman–Crippen MR) is 167 cm³/mol. The number of fused-ring (bicyclic) bond motifs is 1. The number of aliphatic hydroxyl groups is 1. The first kappa shape index (κ1) is 33.3. The lowest BCUT2D eigenvalue weighted by Gasteiger charge is -2.38. The average molecular weight is 610 g/mol. The number of hydrogen-bond donors (Lipinski definition) is 2. The van der Waals surface area contributed by atoms with Crippen LogP contribution in [0.5, 0.6) is 0 Å². The Morgan fingerprint density at radius 3 is 2.46 bits per heavy atom. The molecule has 230 valence electrons. The number of carbonyl (C=O) groups excluding carboxylic acids is 1. The lowest BCUT2D eigenvalue weighted by Crippen LogP contribution is -2.48. The van der Waals surface area contributed by atoms with Crippen LogP contribution >= 0.6 is 7.52 Å². The molecule has 1 aromatic carbocycles. The Kier molecular flexibility index (Phi) is 10.2. The molecule has 0 fully saturated rings. The zero-order chi connectivity index (χ0) is 30.8. The molecule has 2 N–H and O–H groups in total. The van der Waals surface area contributed by atoms with Crippen LogP contribution in [0.4, 0.5) is 5.69 Å². The molecule has 11 heteroatoms. The summed E-state index contributed by atoms with van der Waals surface area (Å²) in [6.45, 7) is 14.7. The maximum absolute atomic E-state index is 14.2. The van der Waals surface area contributed by atoms with Crippen molar-refractivity contribution in [1.29, 1.82) is 0 Å². The van der Waals surface area contributed by atoms with E-state index in [1.165, 1.54) is 6.26 Å². The maximum Gasteiger partial charge on any atom is 0.348 e. The summed E-state index contributed by atoms with van der Waals surface area (Å²) in [4.78, 5) is 15.7. The number of aryl methyl sites for hydroxylation is 1. The second kappa shape index (κ2) is 12.6. The Morgan fingerprint density at radius 1 is 1.20 bits per heavy atom. The molecule has 41 heavy (non-hydrogen) atoms. The van der Waals surface area contributed by atoms with Gasteiger partial charge >= 0.3 is 7.52 Å². The van der Waals surface area contributed by atoms with Gasteiger partial charge in [0.05, 0.1) is 23.1 Å². The first-order chi connectivity index (χ1) is 18.9. The zero-order valence-electron chi connectivity index (χ0n) is 25.9. The molecule has 0 radical (unpaired) electrons. The minimum absolute atomic E-state index is 0.00692. The number of amidine groups is 1. The van der Waals surface area contributed by atoms with Gasteiger partial charge in [0.1, 0.15) is 21.2 Å². The molecule has 2 atom stereocenters.